The van der Waals surface area contributed by atoms with Gasteiger partial charge in [0.15, 0.2) is 4.34 Å². The first-order chi connectivity index (χ1) is 12.2. The Bertz CT molecular complexity index is 982. The van der Waals surface area contributed by atoms with Crippen molar-refractivity contribution in [1.82, 2.24) is 19.5 Å². The van der Waals surface area contributed by atoms with Crippen LogP contribution in [-0.2, 0) is 19.5 Å². The highest BCUT2D eigenvalue weighted by Crippen LogP contribution is 2.25. The first kappa shape index (κ1) is 16.6. The number of nitrogens with zero attached hydrogens (tertiary/aromatic N) is 4. The third kappa shape index (κ3) is 3.29. The largest absolute Gasteiger partial charge is 0.497 e. The molecule has 3 aromatic rings. The zero-order valence-electron chi connectivity index (χ0n) is 14.1. The quantitative estimate of drug-likeness (QED) is 0.654. The highest BCUT2D eigenvalue weighted by atomic mass is 32.2. The molecule has 2 aromatic heterocycles. The van der Waals surface area contributed by atoms with Gasteiger partial charge >= 0.3 is 0 Å². The van der Waals surface area contributed by atoms with Crippen molar-refractivity contribution in [2.45, 2.75) is 23.8 Å². The maximum absolute atomic E-state index is 12.3. The number of aromatic nitrogens is 3. The molecule has 130 valence electrons. The van der Waals surface area contributed by atoms with E-state index in [1.807, 2.05) is 12.3 Å². The monoisotopic (exact) mass is 374 g/mol. The fourth-order valence-electron chi connectivity index (χ4n) is 3.08. The van der Waals surface area contributed by atoms with Gasteiger partial charge in [0.1, 0.15) is 5.75 Å². The van der Waals surface area contributed by atoms with Crippen molar-refractivity contribution in [2.24, 2.45) is 0 Å². The Morgan fingerprint density at radius 1 is 1.32 bits per heavy atom. The molecule has 0 radical (unpaired) electrons. The summed E-state index contributed by atoms with van der Waals surface area (Å²) in [5.41, 5.74) is 3.34. The predicted octanol–water partition coefficient (Wildman–Crippen LogP) is 2.44. The van der Waals surface area contributed by atoms with Gasteiger partial charge in [-0.2, -0.15) is 4.52 Å². The van der Waals surface area contributed by atoms with Crippen LogP contribution in [0.1, 0.15) is 16.8 Å². The number of thioether (sulfide) groups is 1. The van der Waals surface area contributed by atoms with Crippen LogP contribution >= 0.6 is 23.1 Å². The summed E-state index contributed by atoms with van der Waals surface area (Å²) in [6, 6.07) is 7.84. The van der Waals surface area contributed by atoms with Crippen molar-refractivity contribution in [3.05, 3.63) is 51.4 Å². The van der Waals surface area contributed by atoms with Gasteiger partial charge in [0.25, 0.3) is 5.56 Å². The van der Waals surface area contributed by atoms with Crippen LogP contribution in [-0.4, -0.2) is 39.4 Å². The van der Waals surface area contributed by atoms with Gasteiger partial charge in [-0.3, -0.25) is 9.69 Å². The van der Waals surface area contributed by atoms with Crippen LogP contribution in [0, 0.1) is 0 Å². The summed E-state index contributed by atoms with van der Waals surface area (Å²) in [4.78, 5) is 19.9. The maximum Gasteiger partial charge on any atom is 0.275 e. The fourth-order valence-corrected chi connectivity index (χ4v) is 4.46. The maximum atomic E-state index is 12.3. The Kier molecular flexibility index (Phi) is 4.49. The van der Waals surface area contributed by atoms with Crippen molar-refractivity contribution < 1.29 is 4.74 Å². The number of hydrogen-bond acceptors (Lipinski definition) is 7. The fraction of sp³-hybridized carbons (Fsp3) is 0.353. The Labute approximate surface area is 153 Å². The van der Waals surface area contributed by atoms with Gasteiger partial charge < -0.3 is 4.74 Å². The van der Waals surface area contributed by atoms with Crippen LogP contribution < -0.4 is 10.3 Å². The Morgan fingerprint density at radius 2 is 2.20 bits per heavy atom. The van der Waals surface area contributed by atoms with E-state index < -0.39 is 0 Å². The van der Waals surface area contributed by atoms with Crippen LogP contribution in [0.25, 0.3) is 4.96 Å². The molecule has 0 N–H and O–H groups in total. The van der Waals surface area contributed by atoms with E-state index in [4.69, 9.17) is 4.74 Å². The van der Waals surface area contributed by atoms with E-state index in [-0.39, 0.29) is 5.56 Å². The van der Waals surface area contributed by atoms with Crippen molar-refractivity contribution in [1.29, 1.82) is 0 Å². The molecular weight excluding hydrogens is 356 g/mol. The summed E-state index contributed by atoms with van der Waals surface area (Å²) < 4.78 is 7.54. The normalized spacial score (nSPS) is 14.6. The van der Waals surface area contributed by atoms with Crippen LogP contribution in [0.4, 0.5) is 0 Å². The topological polar surface area (TPSA) is 59.7 Å². The van der Waals surface area contributed by atoms with Gasteiger partial charge in [0, 0.05) is 25.7 Å². The summed E-state index contributed by atoms with van der Waals surface area (Å²) in [5, 5.41) is 4.26. The molecule has 0 spiro atoms. The second-order valence-corrected chi connectivity index (χ2v) is 7.96. The average Bonchev–Trinajstić information content (AvgIpc) is 3.05. The summed E-state index contributed by atoms with van der Waals surface area (Å²) in [7, 11) is 1.69. The summed E-state index contributed by atoms with van der Waals surface area (Å²) >= 11 is 2.98. The second-order valence-electron chi connectivity index (χ2n) is 5.95. The molecule has 1 aliphatic heterocycles. The van der Waals surface area contributed by atoms with E-state index in [1.165, 1.54) is 38.7 Å². The van der Waals surface area contributed by atoms with Gasteiger partial charge in [-0.05, 0) is 35.9 Å². The van der Waals surface area contributed by atoms with Crippen molar-refractivity contribution in [2.75, 3.05) is 19.9 Å². The number of methoxy groups -OCH3 is 1. The Morgan fingerprint density at radius 3 is 3.00 bits per heavy atom. The third-order valence-corrected chi connectivity index (χ3v) is 6.23. The zero-order chi connectivity index (χ0) is 17.4. The van der Waals surface area contributed by atoms with E-state index >= 15 is 0 Å². The van der Waals surface area contributed by atoms with Crippen molar-refractivity contribution in [3.63, 3.8) is 0 Å². The molecule has 4 rings (SSSR count). The summed E-state index contributed by atoms with van der Waals surface area (Å²) in [6.07, 6.45) is 2.93. The molecule has 1 aromatic carbocycles. The molecule has 3 heterocycles. The minimum Gasteiger partial charge on any atom is -0.497 e. The number of rotatable bonds is 4. The average molecular weight is 374 g/mol. The van der Waals surface area contributed by atoms with E-state index in [0.29, 0.717) is 11.5 Å². The molecule has 0 atom stereocenters. The number of hydrogen-bond donors (Lipinski definition) is 0. The number of fused-ring (bicyclic) bond motifs is 2. The second kappa shape index (κ2) is 6.78. The molecule has 6 nitrogen and oxygen atoms in total. The van der Waals surface area contributed by atoms with Crippen molar-refractivity contribution >= 4 is 28.1 Å². The van der Waals surface area contributed by atoms with Crippen LogP contribution in [0.5, 0.6) is 5.75 Å². The SMILES string of the molecule is COc1ccc2c(c1)CCN(Cc1cc(=O)n3nc(SC)sc3n1)C2. The molecular formula is C17H18N4O2S2. The Hall–Kier alpha value is -1.90. The molecule has 0 amide bonds. The minimum atomic E-state index is -0.112. The summed E-state index contributed by atoms with van der Waals surface area (Å²) in [5.74, 6) is 0.905. The standard InChI is InChI=1S/C17H18N4O2S2/c1-23-14-4-3-12-9-20(6-5-11(12)7-14)10-13-8-15(22)21-16(18-13)25-17(19-21)24-2/h3-4,7-8H,5-6,9-10H2,1-2H3. The van der Waals surface area contributed by atoms with Crippen LogP contribution in [0.15, 0.2) is 33.4 Å². The number of benzene rings is 1. The first-order valence-electron chi connectivity index (χ1n) is 7.98. The molecule has 8 heteroatoms. The highest BCUT2D eigenvalue weighted by Gasteiger charge is 2.18. The van der Waals surface area contributed by atoms with E-state index in [9.17, 15) is 4.79 Å². The van der Waals surface area contributed by atoms with E-state index in [1.54, 1.807) is 13.2 Å². The third-order valence-electron chi connectivity index (χ3n) is 4.34. The highest BCUT2D eigenvalue weighted by molar-refractivity contribution is 8.00. The molecule has 25 heavy (non-hydrogen) atoms. The lowest BCUT2D eigenvalue weighted by Crippen LogP contribution is -2.31. The van der Waals surface area contributed by atoms with Gasteiger partial charge in [-0.1, -0.05) is 29.2 Å². The smallest absolute Gasteiger partial charge is 0.275 e. The predicted molar refractivity (Wildman–Crippen MR) is 99.7 cm³/mol. The van der Waals surface area contributed by atoms with Gasteiger partial charge in [0.05, 0.1) is 12.8 Å². The Balaban J connectivity index is 1.56. The molecule has 0 unspecified atom stereocenters. The molecule has 0 saturated carbocycles. The first-order valence-corrected chi connectivity index (χ1v) is 10.0. The van der Waals surface area contributed by atoms with E-state index in [0.717, 1.165) is 35.3 Å². The zero-order valence-corrected chi connectivity index (χ0v) is 15.7. The molecule has 0 fully saturated rings. The van der Waals surface area contributed by atoms with E-state index in [2.05, 4.69) is 27.1 Å². The summed E-state index contributed by atoms with van der Waals surface area (Å²) in [6.45, 7) is 2.48. The van der Waals surface area contributed by atoms with Crippen LogP contribution in [0.2, 0.25) is 0 Å². The lowest BCUT2D eigenvalue weighted by atomic mass is 9.99. The lowest BCUT2D eigenvalue weighted by Gasteiger charge is -2.28. The van der Waals surface area contributed by atoms with Gasteiger partial charge in [-0.25, -0.2) is 4.98 Å². The minimum absolute atomic E-state index is 0.112. The van der Waals surface area contributed by atoms with Gasteiger partial charge in [-0.15, -0.1) is 5.10 Å². The number of ether oxygens (including phenoxy) is 1. The van der Waals surface area contributed by atoms with Crippen molar-refractivity contribution in [3.8, 4) is 5.75 Å². The van der Waals surface area contributed by atoms with Gasteiger partial charge in [0.2, 0.25) is 4.96 Å². The molecule has 1 aliphatic rings. The molecule has 0 bridgehead atoms. The molecule has 0 aliphatic carbocycles. The lowest BCUT2D eigenvalue weighted by molar-refractivity contribution is 0.242. The molecule has 0 saturated heterocycles. The van der Waals surface area contributed by atoms with Crippen LogP contribution in [0.3, 0.4) is 0 Å².